The van der Waals surface area contributed by atoms with Crippen molar-refractivity contribution in [2.75, 3.05) is 39.5 Å². The summed E-state index contributed by atoms with van der Waals surface area (Å²) in [5.41, 5.74) is 0. The molecule has 0 aromatic rings. The van der Waals surface area contributed by atoms with Crippen LogP contribution in [0.4, 0.5) is 0 Å². The van der Waals surface area contributed by atoms with E-state index in [0.29, 0.717) is 19.6 Å². The summed E-state index contributed by atoms with van der Waals surface area (Å²) < 4.78 is 0. The molecule has 0 saturated heterocycles. The van der Waals surface area contributed by atoms with Crippen molar-refractivity contribution >= 4 is 0 Å². The molecule has 0 radical (unpaired) electrons. The van der Waals surface area contributed by atoms with E-state index in [-0.39, 0.29) is 19.8 Å². The van der Waals surface area contributed by atoms with E-state index in [9.17, 15) is 0 Å². The topological polar surface area (TPSA) is 317 Å². The third-order valence-electron chi connectivity index (χ3n) is 1.25. The Morgan fingerprint density at radius 3 is 0.731 bits per heavy atom. The van der Waals surface area contributed by atoms with Gasteiger partial charge in [-0.25, -0.2) is 0 Å². The van der Waals surface area contributed by atoms with Crippen LogP contribution >= 0.6 is 0 Å². The molecular weight excluding hydrogens is 382 g/mol. The monoisotopic (exact) mass is 401 g/mol. The second kappa shape index (κ2) is 29.6. The first-order chi connectivity index (χ1) is 11.8. The van der Waals surface area contributed by atoms with Gasteiger partial charge in [-0.1, -0.05) is 0 Å². The number of aliphatic hydroxyl groups is 3. The van der Waals surface area contributed by atoms with Gasteiger partial charge in [0.2, 0.25) is 0 Å². The summed E-state index contributed by atoms with van der Waals surface area (Å²) in [5.74, 6) is 0. The minimum absolute atomic E-state index is 0.0694. The lowest BCUT2D eigenvalue weighted by molar-refractivity contribution is -0.742. The predicted octanol–water partition coefficient (Wildman–Crippen LogP) is -3.13. The van der Waals surface area contributed by atoms with Gasteiger partial charge in [-0.15, -0.1) is 40.5 Å². The van der Waals surface area contributed by atoms with Crippen LogP contribution in [0.15, 0.2) is 0 Å². The van der Waals surface area contributed by atoms with E-state index in [1.807, 2.05) is 0 Å². The summed E-state index contributed by atoms with van der Waals surface area (Å²) in [4.78, 5) is 35.2. The fraction of sp³-hybridized carbons (Fsp3) is 1.00. The number of hydrogen-bond donors (Lipinski definition) is 7. The van der Waals surface area contributed by atoms with Gasteiger partial charge in [-0.05, 0) is 0 Å². The highest BCUT2D eigenvalue weighted by atomic mass is 16.9. The van der Waals surface area contributed by atoms with Crippen LogP contribution < -0.4 is 0 Å². The molecule has 0 aliphatic carbocycles. The molecule has 0 fully saturated rings. The summed E-state index contributed by atoms with van der Waals surface area (Å²) in [6.45, 7) is 1.75. The van der Waals surface area contributed by atoms with Crippen LogP contribution in [0.5, 0.6) is 0 Å². The van der Waals surface area contributed by atoms with Gasteiger partial charge in [0, 0.05) is 19.6 Å². The van der Waals surface area contributed by atoms with Crippen LogP contribution in [0.3, 0.4) is 0 Å². The van der Waals surface area contributed by atoms with Gasteiger partial charge in [-0.3, -0.25) is 4.90 Å². The average Bonchev–Trinajstić information content (AvgIpc) is 2.36. The number of hydrogen-bond acceptors (Lipinski definition) is 12. The fourth-order valence-electron chi connectivity index (χ4n) is 0.760. The average molecular weight is 401 g/mol. The Kier molecular flexibility index (Phi) is 38.8. The number of rotatable bonds is 6. The van der Waals surface area contributed by atoms with Crippen molar-refractivity contribution in [2.45, 2.75) is 0 Å². The Morgan fingerprint density at radius 2 is 0.654 bits per heavy atom. The van der Waals surface area contributed by atoms with Crippen molar-refractivity contribution in [3.05, 3.63) is 40.5 Å². The van der Waals surface area contributed by atoms with Crippen LogP contribution in [0.1, 0.15) is 0 Å². The Balaban J connectivity index is -0.0000000776. The van der Waals surface area contributed by atoms with Crippen molar-refractivity contribution in [3.63, 3.8) is 0 Å². The zero-order valence-electron chi connectivity index (χ0n) is 12.9. The minimum atomic E-state index is -1.50. The highest BCUT2D eigenvalue weighted by Gasteiger charge is 2.00. The van der Waals surface area contributed by atoms with E-state index in [0.717, 1.165) is 0 Å². The minimum Gasteiger partial charge on any atom is -0.395 e. The molecule has 0 amide bonds. The van der Waals surface area contributed by atoms with Crippen molar-refractivity contribution in [1.82, 2.24) is 4.90 Å². The van der Waals surface area contributed by atoms with E-state index in [1.165, 1.54) is 0 Å². The first-order valence-electron chi connectivity index (χ1n) is 5.66. The number of nitrogens with zero attached hydrogens (tertiary/aromatic N) is 5. The highest BCUT2D eigenvalue weighted by molar-refractivity contribution is 4.54. The molecule has 0 aliphatic rings. The number of aliphatic hydroxyl groups excluding tert-OH is 3. The lowest BCUT2D eigenvalue weighted by Gasteiger charge is -2.17. The van der Waals surface area contributed by atoms with Gasteiger partial charge in [0.05, 0.1) is 19.8 Å². The molecule has 0 atom stereocenters. The molecule has 0 aromatic carbocycles. The van der Waals surface area contributed by atoms with Crippen LogP contribution in [-0.4, -0.2) is 101 Å². The van der Waals surface area contributed by atoms with Gasteiger partial charge in [0.1, 0.15) is 0 Å². The van der Waals surface area contributed by atoms with Crippen LogP contribution in [0.25, 0.3) is 0 Å². The Bertz CT molecular complexity index is 275. The zero-order chi connectivity index (χ0) is 22.1. The maximum Gasteiger partial charge on any atom is 0.291 e. The van der Waals surface area contributed by atoms with E-state index in [2.05, 4.69) is 0 Å². The second-order valence-electron chi connectivity index (χ2n) is 2.96. The van der Waals surface area contributed by atoms with E-state index >= 15 is 0 Å². The third kappa shape index (κ3) is 250. The molecule has 158 valence electrons. The maximum atomic E-state index is 8.48. The fourth-order valence-corrected chi connectivity index (χ4v) is 0.760. The van der Waals surface area contributed by atoms with Crippen LogP contribution in [0.2, 0.25) is 0 Å². The summed E-state index contributed by atoms with van der Waals surface area (Å²) in [6.07, 6.45) is 0. The molecular formula is C6H19N5O15. The van der Waals surface area contributed by atoms with E-state index < -0.39 is 20.3 Å². The van der Waals surface area contributed by atoms with E-state index in [1.54, 1.807) is 4.90 Å². The van der Waals surface area contributed by atoms with E-state index in [4.69, 9.17) is 76.6 Å². The van der Waals surface area contributed by atoms with Crippen LogP contribution in [-0.2, 0) is 0 Å². The van der Waals surface area contributed by atoms with Gasteiger partial charge in [0.15, 0.2) is 0 Å². The molecule has 7 N–H and O–H groups in total. The van der Waals surface area contributed by atoms with Crippen molar-refractivity contribution < 1.29 is 56.5 Å². The zero-order valence-corrected chi connectivity index (χ0v) is 12.9. The lowest BCUT2D eigenvalue weighted by Crippen LogP contribution is -2.32. The molecule has 0 saturated carbocycles. The molecule has 0 heterocycles. The third-order valence-corrected chi connectivity index (χ3v) is 1.25. The summed E-state index contributed by atoms with van der Waals surface area (Å²) >= 11 is 0. The standard InChI is InChI=1S/C6H15NO3.4HNO3/c8-4-1-7(2-5-9)3-6-10;4*2-1(3)4/h8-10H,1-6H2;4*(H,2,3,4). The molecule has 0 bridgehead atoms. The predicted molar refractivity (Wildman–Crippen MR) is 72.8 cm³/mol. The second-order valence-corrected chi connectivity index (χ2v) is 2.96. The van der Waals surface area contributed by atoms with Gasteiger partial charge < -0.3 is 36.1 Å². The Morgan fingerprint density at radius 1 is 0.538 bits per heavy atom. The molecule has 0 spiro atoms. The molecule has 0 rings (SSSR count). The van der Waals surface area contributed by atoms with Crippen molar-refractivity contribution in [3.8, 4) is 0 Å². The molecule has 20 nitrogen and oxygen atoms in total. The smallest absolute Gasteiger partial charge is 0.291 e. The molecule has 0 aliphatic heterocycles. The van der Waals surface area contributed by atoms with Crippen molar-refractivity contribution in [2.24, 2.45) is 0 Å². The molecule has 0 unspecified atom stereocenters. The maximum absolute atomic E-state index is 8.48. The van der Waals surface area contributed by atoms with Crippen molar-refractivity contribution in [1.29, 1.82) is 0 Å². The quantitative estimate of drug-likeness (QED) is 0.171. The molecule has 20 heteroatoms. The van der Waals surface area contributed by atoms with Crippen LogP contribution in [0, 0.1) is 40.5 Å². The molecule has 0 aromatic heterocycles. The van der Waals surface area contributed by atoms with Gasteiger partial charge >= 0.3 is 0 Å². The summed E-state index contributed by atoms with van der Waals surface area (Å²) in [5, 5.41) is 80.0. The normalized spacial score (nSPS) is 7.85. The highest BCUT2D eigenvalue weighted by Crippen LogP contribution is 1.84. The SMILES string of the molecule is O=[N+]([O-])O.O=[N+]([O-])O.O=[N+]([O-])O.O=[N+]([O-])O.OCCN(CCO)CCO. The first-order valence-corrected chi connectivity index (χ1v) is 5.66. The Labute approximate surface area is 142 Å². The summed E-state index contributed by atoms with van der Waals surface area (Å²) in [7, 11) is 0. The molecule has 26 heavy (non-hydrogen) atoms. The summed E-state index contributed by atoms with van der Waals surface area (Å²) in [6, 6.07) is 0. The first kappa shape index (κ1) is 34.1. The van der Waals surface area contributed by atoms with Gasteiger partial charge in [-0.2, -0.15) is 0 Å². The largest absolute Gasteiger partial charge is 0.395 e. The van der Waals surface area contributed by atoms with Gasteiger partial charge in [0.25, 0.3) is 20.3 Å². The lowest BCUT2D eigenvalue weighted by atomic mass is 10.4. The Hall–Kier alpha value is -3.36.